The van der Waals surface area contributed by atoms with Crippen LogP contribution in [0.5, 0.6) is 0 Å². The molecule has 108 valence electrons. The molecule has 0 aliphatic rings. The maximum atomic E-state index is 4.50. The Morgan fingerprint density at radius 1 is 1.19 bits per heavy atom. The third kappa shape index (κ3) is 2.93. The molecule has 0 aliphatic heterocycles. The Kier molecular flexibility index (Phi) is 3.68. The number of aromatic nitrogens is 3. The molecule has 0 atom stereocenters. The molecule has 0 unspecified atom stereocenters. The maximum Gasteiger partial charge on any atom is 0.157 e. The van der Waals surface area contributed by atoms with Gasteiger partial charge in [0, 0.05) is 35.3 Å². The Labute approximate surface area is 132 Å². The second-order valence-electron chi connectivity index (χ2n) is 5.29. The van der Waals surface area contributed by atoms with E-state index in [9.17, 15) is 0 Å². The molecule has 4 nitrogen and oxygen atoms in total. The van der Waals surface area contributed by atoms with Gasteiger partial charge < -0.3 is 5.32 Å². The number of hydrogen-bond acceptors (Lipinski definition) is 3. The lowest BCUT2D eigenvalue weighted by atomic mass is 10.2. The number of benzene rings is 1. The number of fused-ring (bicyclic) bond motifs is 1. The van der Waals surface area contributed by atoms with Gasteiger partial charge in [-0.1, -0.05) is 15.9 Å². The third-order valence-corrected chi connectivity index (χ3v) is 3.92. The summed E-state index contributed by atoms with van der Waals surface area (Å²) in [6.07, 6.45) is 1.90. The molecule has 0 aliphatic carbocycles. The smallest absolute Gasteiger partial charge is 0.157 e. The van der Waals surface area contributed by atoms with Gasteiger partial charge >= 0.3 is 0 Å². The quantitative estimate of drug-likeness (QED) is 0.781. The zero-order valence-electron chi connectivity index (χ0n) is 12.3. The molecule has 0 fully saturated rings. The van der Waals surface area contributed by atoms with E-state index in [0.29, 0.717) is 0 Å². The summed E-state index contributed by atoms with van der Waals surface area (Å²) in [7, 11) is 1.92. The highest BCUT2D eigenvalue weighted by Gasteiger charge is 2.07. The molecule has 1 N–H and O–H groups in total. The molecule has 0 saturated heterocycles. The van der Waals surface area contributed by atoms with Gasteiger partial charge in [-0.25, -0.2) is 4.98 Å². The zero-order valence-corrected chi connectivity index (χ0v) is 13.9. The van der Waals surface area contributed by atoms with Gasteiger partial charge in [0.25, 0.3) is 0 Å². The second kappa shape index (κ2) is 5.48. The second-order valence-corrected chi connectivity index (χ2v) is 6.21. The number of halogens is 1. The minimum atomic E-state index is 0.743. The highest BCUT2D eigenvalue weighted by Crippen LogP contribution is 2.21. The number of anilines is 1. The van der Waals surface area contributed by atoms with Crippen LogP contribution < -0.4 is 5.32 Å². The minimum absolute atomic E-state index is 0.743. The largest absolute Gasteiger partial charge is 0.381 e. The summed E-state index contributed by atoms with van der Waals surface area (Å²) in [5.41, 5.74) is 5.42. The fraction of sp³-hybridized carbons (Fsp3) is 0.250. The van der Waals surface area contributed by atoms with E-state index in [-0.39, 0.29) is 0 Å². The minimum Gasteiger partial charge on any atom is -0.381 e. The van der Waals surface area contributed by atoms with E-state index in [2.05, 4.69) is 62.5 Å². The lowest BCUT2D eigenvalue weighted by Gasteiger charge is -2.08. The van der Waals surface area contributed by atoms with E-state index in [1.165, 1.54) is 5.56 Å². The Bertz CT molecular complexity index is 787. The summed E-state index contributed by atoms with van der Waals surface area (Å²) in [6.45, 7) is 4.84. The van der Waals surface area contributed by atoms with Gasteiger partial charge in [0.1, 0.15) is 0 Å². The fourth-order valence-electron chi connectivity index (χ4n) is 2.49. The van der Waals surface area contributed by atoms with Crippen LogP contribution in [0.4, 0.5) is 5.69 Å². The summed E-state index contributed by atoms with van der Waals surface area (Å²) < 4.78 is 2.90. The van der Waals surface area contributed by atoms with Gasteiger partial charge in [0.05, 0.1) is 5.69 Å². The van der Waals surface area contributed by atoms with Crippen LogP contribution in [0.3, 0.4) is 0 Å². The van der Waals surface area contributed by atoms with Crippen molar-refractivity contribution in [1.82, 2.24) is 14.8 Å². The van der Waals surface area contributed by atoms with Gasteiger partial charge in [0.15, 0.2) is 5.65 Å². The van der Waals surface area contributed by atoms with E-state index < -0.39 is 0 Å². The summed E-state index contributed by atoms with van der Waals surface area (Å²) >= 11 is 3.52. The van der Waals surface area contributed by atoms with Crippen molar-refractivity contribution in [2.75, 3.05) is 5.32 Å². The first-order valence-corrected chi connectivity index (χ1v) is 7.61. The van der Waals surface area contributed by atoms with Crippen LogP contribution in [-0.4, -0.2) is 14.8 Å². The van der Waals surface area contributed by atoms with Gasteiger partial charge in [0.2, 0.25) is 0 Å². The topological polar surface area (TPSA) is 42.7 Å². The molecule has 3 aromatic rings. The number of rotatable bonds is 3. The van der Waals surface area contributed by atoms with Crippen molar-refractivity contribution in [1.29, 1.82) is 0 Å². The van der Waals surface area contributed by atoms with Crippen molar-refractivity contribution >= 4 is 32.7 Å². The molecule has 0 spiro atoms. The van der Waals surface area contributed by atoms with Crippen LogP contribution in [0.1, 0.15) is 16.8 Å². The molecule has 3 rings (SSSR count). The molecule has 0 radical (unpaired) electrons. The van der Waals surface area contributed by atoms with E-state index in [1.54, 1.807) is 0 Å². The van der Waals surface area contributed by atoms with E-state index in [4.69, 9.17) is 0 Å². The Balaban J connectivity index is 1.83. The van der Waals surface area contributed by atoms with E-state index in [1.807, 2.05) is 24.9 Å². The monoisotopic (exact) mass is 344 g/mol. The molecule has 5 heteroatoms. The van der Waals surface area contributed by atoms with E-state index in [0.717, 1.165) is 39.0 Å². The molecule has 2 heterocycles. The summed E-state index contributed by atoms with van der Waals surface area (Å²) in [4.78, 5) is 4.50. The Morgan fingerprint density at radius 2 is 2.00 bits per heavy atom. The van der Waals surface area contributed by atoms with Crippen molar-refractivity contribution < 1.29 is 0 Å². The predicted molar refractivity (Wildman–Crippen MR) is 89.5 cm³/mol. The number of nitrogens with one attached hydrogen (secondary N) is 1. The van der Waals surface area contributed by atoms with Gasteiger partial charge in [-0.3, -0.25) is 4.68 Å². The Hall–Kier alpha value is -1.88. The standard InChI is InChI=1S/C16H17BrN4/c1-10-4-13(17)7-14(5-10)18-8-12-6-15-11(2)20-21(3)16(15)19-9-12/h4-7,9,18H,8H2,1-3H3. The summed E-state index contributed by atoms with van der Waals surface area (Å²) in [6, 6.07) is 8.46. The SMILES string of the molecule is Cc1cc(Br)cc(NCc2cnc3c(c2)c(C)nn3C)c1. The first-order chi connectivity index (χ1) is 10.0. The van der Waals surface area contributed by atoms with Crippen LogP contribution in [-0.2, 0) is 13.6 Å². The van der Waals surface area contributed by atoms with Crippen molar-refractivity contribution in [3.05, 3.63) is 51.8 Å². The average molecular weight is 345 g/mol. The first kappa shape index (κ1) is 14.1. The van der Waals surface area contributed by atoms with Gasteiger partial charge in [-0.2, -0.15) is 5.10 Å². The molecule has 2 aromatic heterocycles. The fourth-order valence-corrected chi connectivity index (χ4v) is 3.10. The lowest BCUT2D eigenvalue weighted by molar-refractivity contribution is 0.773. The maximum absolute atomic E-state index is 4.50. The molecular weight excluding hydrogens is 328 g/mol. The van der Waals surface area contributed by atoms with Crippen molar-refractivity contribution in [2.45, 2.75) is 20.4 Å². The van der Waals surface area contributed by atoms with Crippen LogP contribution in [0.25, 0.3) is 11.0 Å². The number of pyridine rings is 1. The molecule has 0 amide bonds. The van der Waals surface area contributed by atoms with Crippen molar-refractivity contribution in [3.8, 4) is 0 Å². The highest BCUT2D eigenvalue weighted by atomic mass is 79.9. The lowest BCUT2D eigenvalue weighted by Crippen LogP contribution is -2.00. The van der Waals surface area contributed by atoms with Crippen LogP contribution in [0.15, 0.2) is 34.9 Å². The molecule has 0 saturated carbocycles. The predicted octanol–water partition coefficient (Wildman–Crippen LogP) is 3.96. The molecule has 1 aromatic carbocycles. The molecule has 0 bridgehead atoms. The van der Waals surface area contributed by atoms with Gasteiger partial charge in [-0.15, -0.1) is 0 Å². The van der Waals surface area contributed by atoms with Crippen molar-refractivity contribution in [3.63, 3.8) is 0 Å². The van der Waals surface area contributed by atoms with E-state index >= 15 is 0 Å². The number of nitrogens with zero attached hydrogens (tertiary/aromatic N) is 3. The number of hydrogen-bond donors (Lipinski definition) is 1. The zero-order chi connectivity index (χ0) is 15.0. The van der Waals surface area contributed by atoms with Gasteiger partial charge in [-0.05, 0) is 49.2 Å². The third-order valence-electron chi connectivity index (χ3n) is 3.46. The highest BCUT2D eigenvalue weighted by molar-refractivity contribution is 9.10. The van der Waals surface area contributed by atoms with Crippen molar-refractivity contribution in [2.24, 2.45) is 7.05 Å². The normalized spacial score (nSPS) is 11.0. The summed E-state index contributed by atoms with van der Waals surface area (Å²) in [5, 5.41) is 8.95. The van der Waals surface area contributed by atoms with Crippen LogP contribution in [0, 0.1) is 13.8 Å². The molecular formula is C16H17BrN4. The van der Waals surface area contributed by atoms with Crippen LogP contribution >= 0.6 is 15.9 Å². The average Bonchev–Trinajstić information content (AvgIpc) is 2.70. The van der Waals surface area contributed by atoms with Crippen LogP contribution in [0.2, 0.25) is 0 Å². The molecule has 21 heavy (non-hydrogen) atoms. The first-order valence-electron chi connectivity index (χ1n) is 6.82. The number of aryl methyl sites for hydroxylation is 3. The summed E-state index contributed by atoms with van der Waals surface area (Å²) in [5.74, 6) is 0. The Morgan fingerprint density at radius 3 is 2.76 bits per heavy atom.